The second kappa shape index (κ2) is 8.46. The molecule has 8 heteroatoms. The number of amides is 2. The number of urea groups is 1. The first-order valence-corrected chi connectivity index (χ1v) is 8.28. The average molecular weight is 364 g/mol. The highest BCUT2D eigenvalue weighted by molar-refractivity contribution is 5.95. The van der Waals surface area contributed by atoms with Crippen LogP contribution in [0.15, 0.2) is 29.5 Å². The Morgan fingerprint density at radius 2 is 1.92 bits per heavy atom. The number of ether oxygens (including phenoxy) is 2. The highest BCUT2D eigenvalue weighted by Gasteiger charge is 2.32. The summed E-state index contributed by atoms with van der Waals surface area (Å²) in [4.78, 5) is 36.1. The Balaban J connectivity index is 2.21. The average Bonchev–Trinajstić information content (AvgIpc) is 2.61. The third-order valence-electron chi connectivity index (χ3n) is 3.90. The lowest BCUT2D eigenvalue weighted by atomic mass is 10.0. The van der Waals surface area contributed by atoms with Crippen LogP contribution in [0.25, 0.3) is 0 Å². The van der Waals surface area contributed by atoms with E-state index >= 15 is 0 Å². The van der Waals surface area contributed by atoms with Gasteiger partial charge in [-0.05, 0) is 38.0 Å². The lowest BCUT2D eigenvalue weighted by Crippen LogP contribution is -2.51. The molecule has 1 aromatic carbocycles. The van der Waals surface area contributed by atoms with E-state index in [0.717, 1.165) is 6.07 Å². The van der Waals surface area contributed by atoms with Gasteiger partial charge in [0.1, 0.15) is 12.4 Å². The van der Waals surface area contributed by atoms with E-state index in [1.165, 1.54) is 12.1 Å². The molecular weight excluding hydrogens is 343 g/mol. The van der Waals surface area contributed by atoms with Crippen LogP contribution in [-0.2, 0) is 14.3 Å². The van der Waals surface area contributed by atoms with E-state index in [9.17, 15) is 18.8 Å². The second-order valence-corrected chi connectivity index (χ2v) is 5.71. The second-order valence-electron chi connectivity index (χ2n) is 5.71. The number of nitrogens with one attached hydrogen (secondary N) is 2. The Bertz CT molecular complexity index is 760. The zero-order valence-corrected chi connectivity index (χ0v) is 14.8. The van der Waals surface area contributed by atoms with Gasteiger partial charge >= 0.3 is 18.0 Å². The predicted octanol–water partition coefficient (Wildman–Crippen LogP) is 2.20. The zero-order chi connectivity index (χ0) is 19.3. The number of hydrogen-bond acceptors (Lipinski definition) is 5. The van der Waals surface area contributed by atoms with E-state index < -0.39 is 29.8 Å². The topological polar surface area (TPSA) is 93.7 Å². The minimum absolute atomic E-state index is 0.0405. The monoisotopic (exact) mass is 364 g/mol. The van der Waals surface area contributed by atoms with Crippen molar-refractivity contribution in [3.8, 4) is 0 Å². The molecule has 2 N–H and O–H groups in total. The van der Waals surface area contributed by atoms with Gasteiger partial charge in [0.2, 0.25) is 0 Å². The van der Waals surface area contributed by atoms with Crippen LogP contribution in [0.4, 0.5) is 9.18 Å². The van der Waals surface area contributed by atoms with Crippen LogP contribution >= 0.6 is 0 Å². The van der Waals surface area contributed by atoms with E-state index in [1.807, 2.05) is 0 Å². The van der Waals surface area contributed by atoms with Crippen LogP contribution in [0.5, 0.6) is 0 Å². The fraction of sp³-hybridized carbons (Fsp3) is 0.389. The maximum absolute atomic E-state index is 13.6. The molecular formula is C18H21FN2O5. The molecule has 1 heterocycles. The molecule has 0 fully saturated rings. The van der Waals surface area contributed by atoms with Crippen LogP contribution in [0.2, 0.25) is 0 Å². The molecule has 0 saturated carbocycles. The summed E-state index contributed by atoms with van der Waals surface area (Å²) in [6.45, 7) is 4.87. The number of benzene rings is 1. The smallest absolute Gasteiger partial charge is 0.338 e. The van der Waals surface area contributed by atoms with Gasteiger partial charge in [-0.2, -0.15) is 0 Å². The van der Waals surface area contributed by atoms with Crippen LogP contribution in [-0.4, -0.2) is 37.2 Å². The van der Waals surface area contributed by atoms with Crippen molar-refractivity contribution in [3.05, 3.63) is 46.4 Å². The molecule has 1 atom stereocenters. The van der Waals surface area contributed by atoms with Gasteiger partial charge in [0.05, 0.1) is 29.5 Å². The Morgan fingerprint density at radius 3 is 2.54 bits per heavy atom. The van der Waals surface area contributed by atoms with Gasteiger partial charge in [0.25, 0.3) is 0 Å². The van der Waals surface area contributed by atoms with Gasteiger partial charge in [-0.15, -0.1) is 0 Å². The summed E-state index contributed by atoms with van der Waals surface area (Å²) >= 11 is 0. The van der Waals surface area contributed by atoms with Crippen molar-refractivity contribution < 1.29 is 28.2 Å². The Hall–Kier alpha value is -2.90. The number of carbonyl (C=O) groups excluding carboxylic acids is 3. The van der Waals surface area contributed by atoms with E-state index in [-0.39, 0.29) is 30.0 Å². The van der Waals surface area contributed by atoms with Crippen LogP contribution < -0.4 is 10.6 Å². The van der Waals surface area contributed by atoms with Crippen molar-refractivity contribution in [2.75, 3.05) is 13.2 Å². The highest BCUT2D eigenvalue weighted by Crippen LogP contribution is 2.18. The van der Waals surface area contributed by atoms with Crippen molar-refractivity contribution in [2.45, 2.75) is 33.2 Å². The summed E-state index contributed by atoms with van der Waals surface area (Å²) in [5.41, 5.74) is 0.806. The van der Waals surface area contributed by atoms with E-state index in [1.54, 1.807) is 20.8 Å². The van der Waals surface area contributed by atoms with Crippen molar-refractivity contribution in [2.24, 2.45) is 0 Å². The van der Waals surface area contributed by atoms with Gasteiger partial charge in [-0.25, -0.2) is 18.8 Å². The Labute approximate surface area is 150 Å². The van der Waals surface area contributed by atoms with Crippen molar-refractivity contribution in [1.82, 2.24) is 10.6 Å². The molecule has 7 nitrogen and oxygen atoms in total. The van der Waals surface area contributed by atoms with Crippen molar-refractivity contribution in [3.63, 3.8) is 0 Å². The molecule has 0 spiro atoms. The first kappa shape index (κ1) is 19.4. The number of halogens is 1. The summed E-state index contributed by atoms with van der Waals surface area (Å²) in [6.07, 6.45) is 0.461. The molecule has 0 bridgehead atoms. The summed E-state index contributed by atoms with van der Waals surface area (Å²) in [6, 6.07) is 2.94. The lowest BCUT2D eigenvalue weighted by molar-refractivity contribution is -0.139. The molecule has 1 aliphatic heterocycles. The number of hydrogen-bond donors (Lipinski definition) is 2. The standard InChI is InChI=1S/C18H21FN2O5/c1-4-13-15(17(23)25-5-2)14(21-18(24)20-13)9-26-16(22)11-7-6-10(3)12(19)8-11/h6-8,13H,4-5,9H2,1-3H3,(H2,20,21,24)/t13-/m0/s1. The van der Waals surface area contributed by atoms with Gasteiger partial charge in [-0.3, -0.25) is 0 Å². The maximum atomic E-state index is 13.6. The van der Waals surface area contributed by atoms with E-state index in [0.29, 0.717) is 12.0 Å². The highest BCUT2D eigenvalue weighted by atomic mass is 19.1. The third kappa shape index (κ3) is 4.38. The zero-order valence-electron chi connectivity index (χ0n) is 14.8. The molecule has 0 saturated heterocycles. The Kier molecular flexibility index (Phi) is 6.32. The van der Waals surface area contributed by atoms with Gasteiger partial charge in [0, 0.05) is 0 Å². The van der Waals surface area contributed by atoms with Crippen LogP contribution in [0, 0.1) is 12.7 Å². The maximum Gasteiger partial charge on any atom is 0.338 e. The number of rotatable bonds is 6. The summed E-state index contributed by atoms with van der Waals surface area (Å²) in [5, 5.41) is 5.09. The fourth-order valence-electron chi connectivity index (χ4n) is 2.52. The third-order valence-corrected chi connectivity index (χ3v) is 3.90. The van der Waals surface area contributed by atoms with Crippen molar-refractivity contribution in [1.29, 1.82) is 0 Å². The number of esters is 2. The molecule has 0 radical (unpaired) electrons. The van der Waals surface area contributed by atoms with E-state index in [2.05, 4.69) is 10.6 Å². The predicted molar refractivity (Wildman–Crippen MR) is 90.8 cm³/mol. The minimum Gasteiger partial charge on any atom is -0.463 e. The first-order valence-electron chi connectivity index (χ1n) is 8.28. The molecule has 1 aromatic rings. The normalized spacial score (nSPS) is 16.6. The number of carbonyl (C=O) groups is 3. The fourth-order valence-corrected chi connectivity index (χ4v) is 2.52. The molecule has 0 aromatic heterocycles. The number of aryl methyl sites for hydroxylation is 1. The summed E-state index contributed by atoms with van der Waals surface area (Å²) in [5.74, 6) is -1.88. The van der Waals surface area contributed by atoms with Crippen LogP contribution in [0.1, 0.15) is 36.2 Å². The lowest BCUT2D eigenvalue weighted by Gasteiger charge is -2.28. The van der Waals surface area contributed by atoms with Crippen LogP contribution in [0.3, 0.4) is 0 Å². The molecule has 1 aliphatic rings. The molecule has 0 unspecified atom stereocenters. The Morgan fingerprint density at radius 1 is 1.19 bits per heavy atom. The molecule has 140 valence electrons. The quantitative estimate of drug-likeness (QED) is 0.755. The summed E-state index contributed by atoms with van der Waals surface area (Å²) in [7, 11) is 0. The largest absolute Gasteiger partial charge is 0.463 e. The summed E-state index contributed by atoms with van der Waals surface area (Å²) < 4.78 is 23.8. The molecule has 0 aliphatic carbocycles. The minimum atomic E-state index is -0.763. The van der Waals surface area contributed by atoms with Gasteiger partial charge in [-0.1, -0.05) is 13.0 Å². The van der Waals surface area contributed by atoms with Gasteiger partial charge in [0.15, 0.2) is 0 Å². The first-order chi connectivity index (χ1) is 12.4. The molecule has 2 rings (SSSR count). The van der Waals surface area contributed by atoms with Crippen molar-refractivity contribution >= 4 is 18.0 Å². The SMILES string of the molecule is CCOC(=O)C1=C(COC(=O)c2ccc(C)c(F)c2)NC(=O)N[C@H]1CC. The molecule has 2 amide bonds. The molecule has 26 heavy (non-hydrogen) atoms. The van der Waals surface area contributed by atoms with E-state index in [4.69, 9.17) is 9.47 Å². The van der Waals surface area contributed by atoms with Gasteiger partial charge < -0.3 is 20.1 Å².